The van der Waals surface area contributed by atoms with Crippen molar-refractivity contribution in [3.63, 3.8) is 0 Å². The molecule has 2 aromatic carbocycles. The number of hydrogen-bond acceptors (Lipinski definition) is 8. The first-order chi connectivity index (χ1) is 29.8. The molecule has 2 saturated heterocycles. The van der Waals surface area contributed by atoms with Gasteiger partial charge in [-0.25, -0.2) is 8.78 Å². The predicted octanol–water partition coefficient (Wildman–Crippen LogP) is 8.70. The van der Waals surface area contributed by atoms with E-state index in [1.54, 1.807) is 0 Å². The van der Waals surface area contributed by atoms with Crippen molar-refractivity contribution in [2.24, 2.45) is 11.8 Å². The molecule has 2 aromatic rings. The molecule has 10 nitrogen and oxygen atoms in total. The minimum Gasteiger partial charge on any atom is -0.368 e. The summed E-state index contributed by atoms with van der Waals surface area (Å²) in [4.78, 5) is 32.4. The first-order valence-corrected chi connectivity index (χ1v) is 22.8. The fourth-order valence-electron chi connectivity index (χ4n) is 9.11. The van der Waals surface area contributed by atoms with E-state index in [0.717, 1.165) is 135 Å². The summed E-state index contributed by atoms with van der Waals surface area (Å²) in [7, 11) is 0. The molecule has 0 atom stereocenters. The van der Waals surface area contributed by atoms with Crippen LogP contribution in [0.5, 0.6) is 0 Å². The van der Waals surface area contributed by atoms with Gasteiger partial charge in [-0.15, -0.1) is 0 Å². The second-order valence-corrected chi connectivity index (χ2v) is 17.6. The third kappa shape index (κ3) is 15.9. The van der Waals surface area contributed by atoms with Crippen molar-refractivity contribution < 1.29 is 31.5 Å². The first kappa shape index (κ1) is 48.8. The predicted molar refractivity (Wildman–Crippen MR) is 231 cm³/mol. The minimum absolute atomic E-state index is 0.00883. The van der Waals surface area contributed by atoms with E-state index in [4.69, 9.17) is 22.1 Å². The Morgan fingerprint density at radius 1 is 0.661 bits per heavy atom. The summed E-state index contributed by atoms with van der Waals surface area (Å²) in [6, 6.07) is 11.9. The molecule has 0 bridgehead atoms. The van der Waals surface area contributed by atoms with Crippen molar-refractivity contribution >= 4 is 34.8 Å². The van der Waals surface area contributed by atoms with Crippen LogP contribution < -0.4 is 20.4 Å². The molecular weight excluding hydrogens is 827 g/mol. The van der Waals surface area contributed by atoms with Gasteiger partial charge in [0.2, 0.25) is 11.8 Å². The zero-order valence-corrected chi connectivity index (χ0v) is 36.5. The zero-order valence-electron chi connectivity index (χ0n) is 35.7. The lowest BCUT2D eigenvalue weighted by atomic mass is 9.84. The average Bonchev–Trinajstić information content (AvgIpc) is 3.26. The quantitative estimate of drug-likeness (QED) is 0.135. The number of halogens is 6. The maximum atomic E-state index is 14.0. The molecule has 2 saturated carbocycles. The highest BCUT2D eigenvalue weighted by Crippen LogP contribution is 2.36. The number of nitrogens with zero attached hydrogens (tertiary/aromatic N) is 6. The standard InChI is InChI=1S/C24H32ClF3N4O.C22H30F2N4O/c25-21-9-6-19(24(26,27)28)17-22(21)32-15-13-31(14-16-32)12-10-18-4-7-20(8-5-18)30-23(33)3-1-2-11-29;23-18-5-8-21(20(24)16-18)28-14-12-27(13-15-28)11-9-17-3-6-19(7-4-17)26-22(29)2-1-10-25/h6,9,17-18,20H,1-5,7-8,10,12-16H2,(H,30,33);5,8,16-17,19H,1-4,6-7,9,11-15H2,(H,26,29). The highest BCUT2D eigenvalue weighted by Gasteiger charge is 2.32. The Morgan fingerprint density at radius 2 is 1.16 bits per heavy atom. The Bertz CT molecular complexity index is 1810. The molecular formula is C46H62ClF5N8O2. The van der Waals surface area contributed by atoms with Crippen LogP contribution in [0.2, 0.25) is 5.02 Å². The highest BCUT2D eigenvalue weighted by atomic mass is 35.5. The monoisotopic (exact) mass is 888 g/mol. The molecule has 2 amide bonds. The Balaban J connectivity index is 0.000000236. The number of anilines is 2. The van der Waals surface area contributed by atoms with E-state index in [1.165, 1.54) is 18.2 Å². The van der Waals surface area contributed by atoms with E-state index < -0.39 is 23.4 Å². The summed E-state index contributed by atoms with van der Waals surface area (Å²) in [6.07, 6.45) is 8.39. The van der Waals surface area contributed by atoms with Gasteiger partial charge in [0, 0.05) is 96.2 Å². The van der Waals surface area contributed by atoms with Gasteiger partial charge in [-0.2, -0.15) is 23.7 Å². The summed E-state index contributed by atoms with van der Waals surface area (Å²) in [5, 5.41) is 23.6. The van der Waals surface area contributed by atoms with Crippen LogP contribution in [0.1, 0.15) is 102 Å². The third-order valence-electron chi connectivity index (χ3n) is 12.9. The molecule has 62 heavy (non-hydrogen) atoms. The number of piperazine rings is 2. The van der Waals surface area contributed by atoms with Gasteiger partial charge in [-0.3, -0.25) is 19.4 Å². The number of benzene rings is 2. The van der Waals surface area contributed by atoms with Crippen LogP contribution in [0.15, 0.2) is 36.4 Å². The molecule has 0 spiro atoms. The van der Waals surface area contributed by atoms with E-state index in [-0.39, 0.29) is 30.3 Å². The summed E-state index contributed by atoms with van der Waals surface area (Å²) >= 11 is 6.19. The Morgan fingerprint density at radius 3 is 1.65 bits per heavy atom. The summed E-state index contributed by atoms with van der Waals surface area (Å²) < 4.78 is 66.2. The minimum atomic E-state index is -4.37. The van der Waals surface area contributed by atoms with E-state index in [9.17, 15) is 31.5 Å². The van der Waals surface area contributed by atoms with Gasteiger partial charge < -0.3 is 20.4 Å². The summed E-state index contributed by atoms with van der Waals surface area (Å²) in [5.74, 6) is 0.344. The molecule has 16 heteroatoms. The molecule has 2 aliphatic heterocycles. The molecule has 4 fully saturated rings. The van der Waals surface area contributed by atoms with Crippen molar-refractivity contribution in [2.75, 3.05) is 75.2 Å². The van der Waals surface area contributed by atoms with E-state index in [0.29, 0.717) is 67.0 Å². The van der Waals surface area contributed by atoms with Gasteiger partial charge in [0.1, 0.15) is 11.6 Å². The smallest absolute Gasteiger partial charge is 0.368 e. The zero-order chi connectivity index (χ0) is 44.5. The van der Waals surface area contributed by atoms with Gasteiger partial charge in [0.05, 0.1) is 34.1 Å². The Kier molecular flexibility index (Phi) is 19.4. The van der Waals surface area contributed by atoms with Crippen molar-refractivity contribution in [3.05, 3.63) is 58.6 Å². The van der Waals surface area contributed by atoms with Gasteiger partial charge in [0.15, 0.2) is 0 Å². The van der Waals surface area contributed by atoms with Gasteiger partial charge in [-0.05, 0) is 126 Å². The number of carbonyl (C=O) groups is 2. The molecule has 6 rings (SSSR count). The normalized spacial score (nSPS) is 22.5. The van der Waals surface area contributed by atoms with Gasteiger partial charge in [-0.1, -0.05) is 11.6 Å². The average molecular weight is 889 g/mol. The summed E-state index contributed by atoms with van der Waals surface area (Å²) in [5.41, 5.74) is 0.276. The molecule has 0 unspecified atom stereocenters. The lowest BCUT2D eigenvalue weighted by molar-refractivity contribution is -0.137. The van der Waals surface area contributed by atoms with Crippen molar-refractivity contribution in [1.29, 1.82) is 10.5 Å². The van der Waals surface area contributed by atoms with Crippen LogP contribution in [0.25, 0.3) is 0 Å². The van der Waals surface area contributed by atoms with Crippen molar-refractivity contribution in [2.45, 2.75) is 115 Å². The SMILES string of the molecule is N#CCCC(=O)NC1CCC(CCN2CCN(c3ccc(F)cc3F)CC2)CC1.N#CCCCC(=O)NC1CCC(CCN2CCN(c3cc(C(F)(F)F)ccc3Cl)CC2)CC1. The van der Waals surface area contributed by atoms with E-state index in [1.807, 2.05) is 15.9 Å². The number of amides is 2. The van der Waals surface area contributed by atoms with Crippen LogP contribution in [0.3, 0.4) is 0 Å². The molecule has 0 radical (unpaired) electrons. The third-order valence-corrected chi connectivity index (χ3v) is 13.2. The van der Waals surface area contributed by atoms with Gasteiger partial charge >= 0.3 is 6.18 Å². The van der Waals surface area contributed by atoms with Crippen molar-refractivity contribution in [1.82, 2.24) is 20.4 Å². The molecule has 0 aromatic heterocycles. The van der Waals surface area contributed by atoms with Crippen LogP contribution >= 0.6 is 11.6 Å². The number of carbonyl (C=O) groups excluding carboxylic acids is 2. The fourth-order valence-corrected chi connectivity index (χ4v) is 9.35. The number of nitrogens with one attached hydrogen (secondary N) is 2. The van der Waals surface area contributed by atoms with Crippen LogP contribution in [-0.2, 0) is 15.8 Å². The Hall–Kier alpha value is -4.18. The number of rotatable bonds is 15. The number of nitriles is 2. The first-order valence-electron chi connectivity index (χ1n) is 22.4. The van der Waals surface area contributed by atoms with Crippen LogP contribution in [-0.4, -0.2) is 99.1 Å². The topological polar surface area (TPSA) is 119 Å². The molecule has 4 aliphatic rings. The second-order valence-electron chi connectivity index (χ2n) is 17.2. The lowest BCUT2D eigenvalue weighted by Crippen LogP contribution is -2.47. The highest BCUT2D eigenvalue weighted by molar-refractivity contribution is 6.33. The van der Waals surface area contributed by atoms with Crippen LogP contribution in [0, 0.1) is 46.1 Å². The Labute approximate surface area is 368 Å². The van der Waals surface area contributed by atoms with E-state index in [2.05, 4.69) is 26.5 Å². The second kappa shape index (κ2) is 24.6. The maximum absolute atomic E-state index is 14.0. The molecule has 2 aliphatic carbocycles. The maximum Gasteiger partial charge on any atom is 0.416 e. The summed E-state index contributed by atoms with van der Waals surface area (Å²) in [6.45, 7) is 8.25. The number of unbranched alkanes of at least 4 members (excludes halogenated alkanes) is 1. The van der Waals surface area contributed by atoms with Crippen LogP contribution in [0.4, 0.5) is 33.3 Å². The largest absolute Gasteiger partial charge is 0.416 e. The number of hydrogen-bond donors (Lipinski definition) is 2. The van der Waals surface area contributed by atoms with Crippen molar-refractivity contribution in [3.8, 4) is 12.1 Å². The number of alkyl halides is 3. The molecule has 2 N–H and O–H groups in total. The molecule has 2 heterocycles. The molecule has 340 valence electrons. The lowest BCUT2D eigenvalue weighted by Gasteiger charge is -2.37. The van der Waals surface area contributed by atoms with E-state index >= 15 is 0 Å². The fraction of sp³-hybridized carbons (Fsp3) is 0.652. The van der Waals surface area contributed by atoms with Gasteiger partial charge in [0.25, 0.3) is 0 Å².